The average molecular weight is 384 g/mol. The molecule has 1 aromatic carbocycles. The minimum atomic E-state index is 0.0497. The second-order valence-electron chi connectivity index (χ2n) is 7.19. The fraction of sp³-hybridized carbons (Fsp3) is 0.450. The Labute approximate surface area is 163 Å². The molecule has 3 aromatic rings. The number of carbonyl (C=O) groups is 1. The minimum absolute atomic E-state index is 0.0497. The van der Waals surface area contributed by atoms with E-state index in [2.05, 4.69) is 35.1 Å². The Hall–Kier alpha value is -2.41. The molecule has 2 aromatic heterocycles. The molecule has 3 heterocycles. The highest BCUT2D eigenvalue weighted by molar-refractivity contribution is 7.22. The van der Waals surface area contributed by atoms with Gasteiger partial charge in [0.15, 0.2) is 5.13 Å². The number of aryl methyl sites for hydroxylation is 2. The first-order chi connectivity index (χ1) is 13.0. The van der Waals surface area contributed by atoms with E-state index in [0.717, 1.165) is 43.0 Å². The highest BCUT2D eigenvalue weighted by atomic mass is 32.1. The summed E-state index contributed by atoms with van der Waals surface area (Å²) in [5.74, 6) is 0.0497. The smallest absolute Gasteiger partial charge is 0.257 e. The maximum atomic E-state index is 12.6. The third-order valence-electron chi connectivity index (χ3n) is 5.40. The van der Waals surface area contributed by atoms with Crippen molar-refractivity contribution >= 4 is 32.6 Å². The maximum absolute atomic E-state index is 12.6. The van der Waals surface area contributed by atoms with Crippen LogP contribution in [0.3, 0.4) is 0 Å². The summed E-state index contributed by atoms with van der Waals surface area (Å²) in [6.07, 6.45) is 6.38. The summed E-state index contributed by atoms with van der Waals surface area (Å²) >= 11 is 1.77. The van der Waals surface area contributed by atoms with Gasteiger partial charge in [-0.3, -0.25) is 9.48 Å². The molecule has 0 radical (unpaired) electrons. The largest absolute Gasteiger partial charge is 0.348 e. The number of benzene rings is 1. The summed E-state index contributed by atoms with van der Waals surface area (Å²) in [6, 6.07) is 6.80. The Bertz CT molecular complexity index is 954. The normalized spacial score (nSPS) is 15.4. The number of hydrogen-bond donors (Lipinski definition) is 0. The molecule has 0 saturated carbocycles. The molecule has 0 atom stereocenters. The maximum Gasteiger partial charge on any atom is 0.257 e. The number of rotatable bonds is 4. The Morgan fingerprint density at radius 3 is 2.78 bits per heavy atom. The van der Waals surface area contributed by atoms with Crippen molar-refractivity contribution in [1.82, 2.24) is 19.7 Å². The zero-order valence-electron chi connectivity index (χ0n) is 16.1. The zero-order chi connectivity index (χ0) is 19.0. The van der Waals surface area contributed by atoms with Crippen LogP contribution in [0.25, 0.3) is 10.2 Å². The number of hydrogen-bond acceptors (Lipinski definition) is 5. The summed E-state index contributed by atoms with van der Waals surface area (Å²) in [4.78, 5) is 21.7. The third kappa shape index (κ3) is 3.56. The van der Waals surface area contributed by atoms with Gasteiger partial charge in [0.1, 0.15) is 0 Å². The number of nitrogens with zero attached hydrogens (tertiary/aromatic N) is 5. The first-order valence-corrected chi connectivity index (χ1v) is 10.3. The number of aromatic nitrogens is 3. The van der Waals surface area contributed by atoms with E-state index >= 15 is 0 Å². The molecule has 4 rings (SSSR count). The number of anilines is 1. The van der Waals surface area contributed by atoms with Crippen molar-refractivity contribution in [2.75, 3.05) is 25.0 Å². The van der Waals surface area contributed by atoms with Gasteiger partial charge in [0, 0.05) is 39.4 Å². The quantitative estimate of drug-likeness (QED) is 0.693. The molecule has 6 nitrogen and oxygen atoms in total. The van der Waals surface area contributed by atoms with Crippen molar-refractivity contribution in [2.45, 2.75) is 32.2 Å². The average Bonchev–Trinajstić information content (AvgIpc) is 3.32. The van der Waals surface area contributed by atoms with Crippen molar-refractivity contribution in [2.24, 2.45) is 7.05 Å². The highest BCUT2D eigenvalue weighted by Gasteiger charge is 2.27. The molecule has 0 N–H and O–H groups in total. The van der Waals surface area contributed by atoms with Gasteiger partial charge in [-0.25, -0.2) is 4.98 Å². The van der Waals surface area contributed by atoms with Gasteiger partial charge < -0.3 is 9.80 Å². The Morgan fingerprint density at radius 1 is 1.33 bits per heavy atom. The van der Waals surface area contributed by atoms with Crippen LogP contribution in [0, 0.1) is 0 Å². The van der Waals surface area contributed by atoms with Crippen molar-refractivity contribution in [3.8, 4) is 0 Å². The van der Waals surface area contributed by atoms with Crippen molar-refractivity contribution in [3.05, 3.63) is 41.7 Å². The molecule has 0 aliphatic carbocycles. The predicted molar refractivity (Wildman–Crippen MR) is 110 cm³/mol. The van der Waals surface area contributed by atoms with Gasteiger partial charge in [0.05, 0.1) is 22.0 Å². The topological polar surface area (TPSA) is 54.3 Å². The molecule has 0 spiro atoms. The number of piperidine rings is 1. The van der Waals surface area contributed by atoms with E-state index in [1.165, 1.54) is 10.3 Å². The molecular weight excluding hydrogens is 358 g/mol. The monoisotopic (exact) mass is 383 g/mol. The second kappa shape index (κ2) is 7.31. The molecule has 0 bridgehead atoms. The molecule has 27 heavy (non-hydrogen) atoms. The van der Waals surface area contributed by atoms with Gasteiger partial charge in [0.2, 0.25) is 0 Å². The van der Waals surface area contributed by atoms with Crippen LogP contribution in [0.15, 0.2) is 30.6 Å². The molecule has 1 aliphatic heterocycles. The molecule has 1 aliphatic rings. The zero-order valence-corrected chi connectivity index (χ0v) is 16.9. The van der Waals surface area contributed by atoms with E-state index in [9.17, 15) is 4.79 Å². The van der Waals surface area contributed by atoms with Crippen LogP contribution in [0.2, 0.25) is 0 Å². The van der Waals surface area contributed by atoms with Gasteiger partial charge in [-0.15, -0.1) is 0 Å². The SMILES string of the molecule is CCc1ccc2nc(N3CCC(N(C)C(=O)c4cnn(C)c4)CC3)sc2c1. The fourth-order valence-corrected chi connectivity index (χ4v) is 4.74. The highest BCUT2D eigenvalue weighted by Crippen LogP contribution is 2.32. The second-order valence-corrected chi connectivity index (χ2v) is 8.20. The Morgan fingerprint density at radius 2 is 2.11 bits per heavy atom. The Kier molecular flexibility index (Phi) is 4.86. The summed E-state index contributed by atoms with van der Waals surface area (Å²) in [5, 5.41) is 5.20. The molecule has 0 unspecified atom stereocenters. The summed E-state index contributed by atoms with van der Waals surface area (Å²) in [7, 11) is 3.73. The first-order valence-electron chi connectivity index (χ1n) is 9.45. The third-order valence-corrected chi connectivity index (χ3v) is 6.48. The van der Waals surface area contributed by atoms with Crippen LogP contribution in [-0.4, -0.2) is 51.8 Å². The fourth-order valence-electron chi connectivity index (χ4n) is 3.66. The lowest BCUT2D eigenvalue weighted by Gasteiger charge is -2.36. The van der Waals surface area contributed by atoms with E-state index in [1.54, 1.807) is 28.4 Å². The summed E-state index contributed by atoms with van der Waals surface area (Å²) < 4.78 is 2.93. The lowest BCUT2D eigenvalue weighted by molar-refractivity contribution is 0.0709. The molecule has 1 saturated heterocycles. The molecule has 142 valence electrons. The van der Waals surface area contributed by atoms with Crippen LogP contribution in [0.1, 0.15) is 35.7 Å². The van der Waals surface area contributed by atoms with Gasteiger partial charge in [0.25, 0.3) is 5.91 Å². The van der Waals surface area contributed by atoms with Gasteiger partial charge in [-0.05, 0) is 37.0 Å². The summed E-state index contributed by atoms with van der Waals surface area (Å²) in [5.41, 5.74) is 3.09. The molecule has 7 heteroatoms. The minimum Gasteiger partial charge on any atom is -0.348 e. The molecule has 1 amide bonds. The van der Waals surface area contributed by atoms with Crippen LogP contribution in [0.4, 0.5) is 5.13 Å². The number of fused-ring (bicyclic) bond motifs is 1. The van der Waals surface area contributed by atoms with Gasteiger partial charge >= 0.3 is 0 Å². The van der Waals surface area contributed by atoms with Crippen molar-refractivity contribution in [3.63, 3.8) is 0 Å². The number of amides is 1. The lowest BCUT2D eigenvalue weighted by Crippen LogP contribution is -2.45. The van der Waals surface area contributed by atoms with E-state index in [4.69, 9.17) is 4.98 Å². The van der Waals surface area contributed by atoms with Gasteiger partial charge in [-0.1, -0.05) is 24.3 Å². The van der Waals surface area contributed by atoms with Crippen LogP contribution in [0.5, 0.6) is 0 Å². The van der Waals surface area contributed by atoms with E-state index in [-0.39, 0.29) is 11.9 Å². The van der Waals surface area contributed by atoms with E-state index in [1.807, 2.05) is 19.0 Å². The Balaban J connectivity index is 1.42. The molecule has 1 fully saturated rings. The van der Waals surface area contributed by atoms with E-state index in [0.29, 0.717) is 5.56 Å². The van der Waals surface area contributed by atoms with Crippen LogP contribution < -0.4 is 4.90 Å². The molecular formula is C20H25N5OS. The lowest BCUT2D eigenvalue weighted by atomic mass is 10.0. The number of carbonyl (C=O) groups excluding carboxylic acids is 1. The van der Waals surface area contributed by atoms with Crippen molar-refractivity contribution < 1.29 is 4.79 Å². The van der Waals surface area contributed by atoms with E-state index < -0.39 is 0 Å². The van der Waals surface area contributed by atoms with Crippen LogP contribution >= 0.6 is 11.3 Å². The summed E-state index contributed by atoms with van der Waals surface area (Å²) in [6.45, 7) is 4.03. The standard InChI is InChI=1S/C20H25N5OS/c1-4-14-5-6-17-18(11-14)27-20(22-17)25-9-7-16(8-10-25)24(3)19(26)15-12-21-23(2)13-15/h5-6,11-13,16H,4,7-10H2,1-3H3. The van der Waals surface area contributed by atoms with Gasteiger partial charge in [-0.2, -0.15) is 5.10 Å². The van der Waals surface area contributed by atoms with Crippen LogP contribution in [-0.2, 0) is 13.5 Å². The predicted octanol–water partition coefficient (Wildman–Crippen LogP) is 3.33. The number of thiazole rings is 1. The van der Waals surface area contributed by atoms with Crippen molar-refractivity contribution in [1.29, 1.82) is 0 Å². The first kappa shape index (κ1) is 18.0.